The van der Waals surface area contributed by atoms with Crippen LogP contribution in [0, 0.1) is 0 Å². The number of benzene rings is 2. The molecule has 114 valence electrons. The zero-order valence-electron chi connectivity index (χ0n) is 13.7. The third-order valence-corrected chi connectivity index (χ3v) is 3.66. The van der Waals surface area contributed by atoms with E-state index < -0.39 is 0 Å². The third kappa shape index (κ3) is 5.49. The highest BCUT2D eigenvalue weighted by Crippen LogP contribution is 2.15. The summed E-state index contributed by atoms with van der Waals surface area (Å²) in [4.78, 5) is 0. The molecule has 2 rings (SSSR count). The molecule has 0 spiro atoms. The van der Waals surface area contributed by atoms with E-state index in [2.05, 4.69) is 80.8 Å². The Morgan fingerprint density at radius 2 is 1.71 bits per heavy atom. The van der Waals surface area contributed by atoms with Gasteiger partial charge in [0.15, 0.2) is 0 Å². The van der Waals surface area contributed by atoms with Crippen molar-refractivity contribution >= 4 is 10.8 Å². The average molecular weight is 284 g/mol. The maximum Gasteiger partial charge on any atom is 0.0164 e. The molecule has 0 saturated heterocycles. The molecule has 0 aromatic heterocycles. The van der Waals surface area contributed by atoms with E-state index in [0.717, 1.165) is 19.5 Å². The van der Waals surface area contributed by atoms with Gasteiger partial charge in [-0.3, -0.25) is 0 Å². The number of nitrogens with one attached hydrogen (secondary N) is 2. The SMILES string of the molecule is CC(CNC(C)(C)C)NCCc1ccc2ccccc2c1. The second-order valence-electron chi connectivity index (χ2n) is 6.92. The molecule has 2 heteroatoms. The maximum absolute atomic E-state index is 3.59. The van der Waals surface area contributed by atoms with Gasteiger partial charge in [-0.2, -0.15) is 0 Å². The topological polar surface area (TPSA) is 24.1 Å². The van der Waals surface area contributed by atoms with Gasteiger partial charge in [-0.1, -0.05) is 42.5 Å². The zero-order valence-corrected chi connectivity index (χ0v) is 13.7. The molecular formula is C19H28N2. The molecule has 0 aliphatic carbocycles. The van der Waals surface area contributed by atoms with E-state index in [4.69, 9.17) is 0 Å². The van der Waals surface area contributed by atoms with Crippen LogP contribution in [0.1, 0.15) is 33.3 Å². The van der Waals surface area contributed by atoms with Crippen molar-refractivity contribution in [2.45, 2.75) is 45.7 Å². The van der Waals surface area contributed by atoms with E-state index in [-0.39, 0.29) is 5.54 Å². The summed E-state index contributed by atoms with van der Waals surface area (Å²) in [6.45, 7) is 10.9. The Morgan fingerprint density at radius 3 is 2.43 bits per heavy atom. The Kier molecular flexibility index (Phi) is 5.38. The molecule has 2 nitrogen and oxygen atoms in total. The summed E-state index contributed by atoms with van der Waals surface area (Å²) in [7, 11) is 0. The lowest BCUT2D eigenvalue weighted by atomic mass is 10.1. The number of rotatable bonds is 6. The summed E-state index contributed by atoms with van der Waals surface area (Å²) in [5, 5.41) is 9.77. The van der Waals surface area contributed by atoms with E-state index >= 15 is 0 Å². The predicted octanol–water partition coefficient (Wildman–Crippen LogP) is 3.75. The van der Waals surface area contributed by atoms with E-state index in [9.17, 15) is 0 Å². The van der Waals surface area contributed by atoms with Crippen molar-refractivity contribution in [2.24, 2.45) is 0 Å². The first-order chi connectivity index (χ1) is 9.94. The van der Waals surface area contributed by atoms with Crippen LogP contribution < -0.4 is 10.6 Å². The van der Waals surface area contributed by atoms with Crippen LogP contribution in [0.5, 0.6) is 0 Å². The fraction of sp³-hybridized carbons (Fsp3) is 0.474. The highest BCUT2D eigenvalue weighted by Gasteiger charge is 2.10. The summed E-state index contributed by atoms with van der Waals surface area (Å²) in [6.07, 6.45) is 1.07. The van der Waals surface area contributed by atoms with E-state index in [1.807, 2.05) is 0 Å². The first kappa shape index (κ1) is 16.0. The third-order valence-electron chi connectivity index (χ3n) is 3.66. The largest absolute Gasteiger partial charge is 0.313 e. The summed E-state index contributed by atoms with van der Waals surface area (Å²) in [5.74, 6) is 0. The molecule has 21 heavy (non-hydrogen) atoms. The first-order valence-corrected chi connectivity index (χ1v) is 7.90. The zero-order chi connectivity index (χ0) is 15.3. The molecule has 0 saturated carbocycles. The normalized spacial score (nSPS) is 13.5. The minimum atomic E-state index is 0.189. The maximum atomic E-state index is 3.59. The van der Waals surface area contributed by atoms with Crippen LogP contribution in [0.15, 0.2) is 42.5 Å². The van der Waals surface area contributed by atoms with Gasteiger partial charge < -0.3 is 10.6 Å². The van der Waals surface area contributed by atoms with Crippen molar-refractivity contribution in [3.63, 3.8) is 0 Å². The van der Waals surface area contributed by atoms with Gasteiger partial charge in [0, 0.05) is 18.1 Å². The lowest BCUT2D eigenvalue weighted by molar-refractivity contribution is 0.389. The van der Waals surface area contributed by atoms with Gasteiger partial charge >= 0.3 is 0 Å². The molecule has 0 radical (unpaired) electrons. The number of hydrogen-bond acceptors (Lipinski definition) is 2. The molecule has 0 amide bonds. The monoisotopic (exact) mass is 284 g/mol. The number of hydrogen-bond donors (Lipinski definition) is 2. The Labute approximate surface area is 128 Å². The average Bonchev–Trinajstić information content (AvgIpc) is 2.44. The van der Waals surface area contributed by atoms with Crippen LogP contribution in [0.4, 0.5) is 0 Å². The van der Waals surface area contributed by atoms with Gasteiger partial charge in [0.05, 0.1) is 0 Å². The van der Waals surface area contributed by atoms with Crippen molar-refractivity contribution in [2.75, 3.05) is 13.1 Å². The molecular weight excluding hydrogens is 256 g/mol. The van der Waals surface area contributed by atoms with Gasteiger partial charge in [-0.25, -0.2) is 0 Å². The molecule has 1 atom stereocenters. The molecule has 0 heterocycles. The van der Waals surface area contributed by atoms with E-state index in [1.165, 1.54) is 16.3 Å². The highest BCUT2D eigenvalue weighted by molar-refractivity contribution is 5.82. The van der Waals surface area contributed by atoms with Crippen LogP contribution in [-0.2, 0) is 6.42 Å². The molecule has 2 aromatic rings. The number of fused-ring (bicyclic) bond motifs is 1. The summed E-state index contributed by atoms with van der Waals surface area (Å²) < 4.78 is 0. The van der Waals surface area contributed by atoms with Crippen LogP contribution in [-0.4, -0.2) is 24.7 Å². The van der Waals surface area contributed by atoms with Crippen LogP contribution in [0.25, 0.3) is 10.8 Å². The van der Waals surface area contributed by atoms with Crippen LogP contribution in [0.2, 0.25) is 0 Å². The van der Waals surface area contributed by atoms with Crippen molar-refractivity contribution in [1.29, 1.82) is 0 Å². The predicted molar refractivity (Wildman–Crippen MR) is 92.9 cm³/mol. The molecule has 2 aromatic carbocycles. The quantitative estimate of drug-likeness (QED) is 0.844. The summed E-state index contributed by atoms with van der Waals surface area (Å²) in [5.41, 5.74) is 1.59. The van der Waals surface area contributed by atoms with Crippen molar-refractivity contribution in [1.82, 2.24) is 10.6 Å². The molecule has 0 aliphatic rings. The summed E-state index contributed by atoms with van der Waals surface area (Å²) in [6, 6.07) is 15.8. The molecule has 0 bridgehead atoms. The first-order valence-electron chi connectivity index (χ1n) is 7.90. The Morgan fingerprint density at radius 1 is 1.00 bits per heavy atom. The van der Waals surface area contributed by atoms with Crippen LogP contribution >= 0.6 is 0 Å². The van der Waals surface area contributed by atoms with Crippen molar-refractivity contribution in [3.05, 3.63) is 48.0 Å². The van der Waals surface area contributed by atoms with Gasteiger partial charge in [-0.15, -0.1) is 0 Å². The molecule has 1 unspecified atom stereocenters. The standard InChI is InChI=1S/C19H28N2/c1-15(14-21-19(2,3)4)20-12-11-16-9-10-17-7-5-6-8-18(17)13-16/h5-10,13,15,20-21H,11-12,14H2,1-4H3. The van der Waals surface area contributed by atoms with E-state index in [1.54, 1.807) is 0 Å². The second-order valence-corrected chi connectivity index (χ2v) is 6.92. The molecule has 2 N–H and O–H groups in total. The molecule has 0 aliphatic heterocycles. The Bertz CT molecular complexity index is 569. The van der Waals surface area contributed by atoms with Crippen molar-refractivity contribution < 1.29 is 0 Å². The second kappa shape index (κ2) is 7.06. The van der Waals surface area contributed by atoms with Gasteiger partial charge in [0.25, 0.3) is 0 Å². The minimum Gasteiger partial charge on any atom is -0.313 e. The Balaban J connectivity index is 1.79. The Hall–Kier alpha value is -1.38. The smallest absolute Gasteiger partial charge is 0.0164 e. The van der Waals surface area contributed by atoms with Crippen molar-refractivity contribution in [3.8, 4) is 0 Å². The van der Waals surface area contributed by atoms with E-state index in [0.29, 0.717) is 6.04 Å². The fourth-order valence-corrected chi connectivity index (χ4v) is 2.39. The fourth-order valence-electron chi connectivity index (χ4n) is 2.39. The summed E-state index contributed by atoms with van der Waals surface area (Å²) >= 11 is 0. The molecule has 0 fully saturated rings. The highest BCUT2D eigenvalue weighted by atomic mass is 15.0. The van der Waals surface area contributed by atoms with Gasteiger partial charge in [-0.05, 0) is 57.0 Å². The minimum absolute atomic E-state index is 0.189. The van der Waals surface area contributed by atoms with Gasteiger partial charge in [0.2, 0.25) is 0 Å². The lowest BCUT2D eigenvalue weighted by Gasteiger charge is -2.24. The lowest BCUT2D eigenvalue weighted by Crippen LogP contribution is -2.44. The van der Waals surface area contributed by atoms with Crippen LogP contribution in [0.3, 0.4) is 0 Å². The van der Waals surface area contributed by atoms with Gasteiger partial charge in [0.1, 0.15) is 0 Å².